The molecule has 0 spiro atoms. The summed E-state index contributed by atoms with van der Waals surface area (Å²) in [5.41, 5.74) is 7.75. The Morgan fingerprint density at radius 3 is 1.95 bits per heavy atom. The maximum atomic E-state index is 12.4. The summed E-state index contributed by atoms with van der Waals surface area (Å²) in [6, 6.07) is 10.5. The summed E-state index contributed by atoms with van der Waals surface area (Å²) in [4.78, 5) is 71.7. The van der Waals surface area contributed by atoms with Crippen LogP contribution in [0.3, 0.4) is 0 Å². The molecule has 1 saturated carbocycles. The van der Waals surface area contributed by atoms with Gasteiger partial charge in [-0.15, -0.1) is 0 Å². The fraction of sp³-hybridized carbons (Fsp3) is 0.625. The molecule has 370 valence electrons. The van der Waals surface area contributed by atoms with Crippen LogP contribution in [0.1, 0.15) is 123 Å². The molecule has 17 heteroatoms. The minimum atomic E-state index is -0.722. The number of amides is 5. The molecule has 16 nitrogen and oxygen atoms in total. The van der Waals surface area contributed by atoms with E-state index in [2.05, 4.69) is 75.1 Å². The van der Waals surface area contributed by atoms with Crippen LogP contribution in [0.5, 0.6) is 11.5 Å². The van der Waals surface area contributed by atoms with Gasteiger partial charge in [0.15, 0.2) is 17.3 Å². The van der Waals surface area contributed by atoms with Gasteiger partial charge in [0, 0.05) is 40.8 Å². The highest BCUT2D eigenvalue weighted by molar-refractivity contribution is 9.10. The van der Waals surface area contributed by atoms with E-state index in [0.717, 1.165) is 54.9 Å². The SMILES string of the molecule is CC(C)NC(=O)CNC(=O)c1ccc(Br)c(N)c1.CC1CCCCC1.CCN(CCCCC(NC(=O)CNC=O)C(=O)NCC(=O)C(C)C)C(C)C.CO.COc1ccc(C)cc1OC. The van der Waals surface area contributed by atoms with E-state index < -0.39 is 11.9 Å². The average Bonchev–Trinajstić information content (AvgIpc) is 3.28. The third kappa shape index (κ3) is 30.2. The van der Waals surface area contributed by atoms with Crippen LogP contribution in [-0.2, 0) is 24.0 Å². The number of methoxy groups -OCH3 is 2. The zero-order valence-electron chi connectivity index (χ0n) is 41.2. The summed E-state index contributed by atoms with van der Waals surface area (Å²) in [5.74, 6) is 1.02. The van der Waals surface area contributed by atoms with Gasteiger partial charge < -0.3 is 51.8 Å². The van der Waals surface area contributed by atoms with E-state index in [1.165, 1.54) is 37.7 Å². The van der Waals surface area contributed by atoms with Crippen molar-refractivity contribution in [2.75, 3.05) is 59.8 Å². The van der Waals surface area contributed by atoms with Gasteiger partial charge in [0.25, 0.3) is 5.91 Å². The third-order valence-corrected chi connectivity index (χ3v) is 10.7. The van der Waals surface area contributed by atoms with E-state index in [4.69, 9.17) is 20.3 Å². The van der Waals surface area contributed by atoms with Crippen LogP contribution in [0, 0.1) is 18.8 Å². The van der Waals surface area contributed by atoms with Gasteiger partial charge in [0.2, 0.25) is 24.1 Å². The first-order valence-corrected chi connectivity index (χ1v) is 23.4. The molecule has 5 amide bonds. The van der Waals surface area contributed by atoms with Crippen molar-refractivity contribution in [3.8, 4) is 11.5 Å². The van der Waals surface area contributed by atoms with Crippen LogP contribution in [0.2, 0.25) is 0 Å². The van der Waals surface area contributed by atoms with Gasteiger partial charge in [-0.1, -0.05) is 65.9 Å². The number of nitrogen functional groups attached to an aromatic ring is 1. The summed E-state index contributed by atoms with van der Waals surface area (Å²) in [7, 11) is 4.27. The lowest BCUT2D eigenvalue weighted by atomic mass is 9.91. The Morgan fingerprint density at radius 2 is 1.46 bits per heavy atom. The van der Waals surface area contributed by atoms with Crippen molar-refractivity contribution in [1.82, 2.24) is 31.5 Å². The summed E-state index contributed by atoms with van der Waals surface area (Å²) in [6.07, 6.45) is 10.0. The van der Waals surface area contributed by atoms with Gasteiger partial charge in [0.1, 0.15) is 6.04 Å². The second kappa shape index (κ2) is 37.5. The number of ketones is 1. The molecule has 0 radical (unpaired) electrons. The summed E-state index contributed by atoms with van der Waals surface area (Å²) in [6.45, 7) is 19.6. The Balaban J connectivity index is 0. The number of carbonyl (C=O) groups is 6. The number of rotatable bonds is 21. The third-order valence-electron chi connectivity index (χ3n) is 9.95. The number of nitrogens with two attached hydrogens (primary N) is 1. The number of benzene rings is 2. The molecule has 1 atom stereocenters. The van der Waals surface area contributed by atoms with Crippen LogP contribution in [0.25, 0.3) is 0 Å². The number of nitrogens with zero attached hydrogens (tertiary/aromatic N) is 1. The van der Waals surface area contributed by atoms with E-state index in [0.29, 0.717) is 30.1 Å². The molecule has 1 aliphatic carbocycles. The number of aliphatic hydroxyl groups is 1. The fourth-order valence-electron chi connectivity index (χ4n) is 6.17. The predicted molar refractivity (Wildman–Crippen MR) is 264 cm³/mol. The topological polar surface area (TPSA) is 231 Å². The monoisotopic (exact) mass is 980 g/mol. The molecule has 2 aromatic carbocycles. The Labute approximate surface area is 397 Å². The number of hydrogen-bond acceptors (Lipinski definition) is 11. The van der Waals surface area contributed by atoms with Gasteiger partial charge in [-0.2, -0.15) is 0 Å². The van der Waals surface area contributed by atoms with Crippen LogP contribution < -0.4 is 41.8 Å². The molecule has 65 heavy (non-hydrogen) atoms. The number of nitrogens with one attached hydrogen (secondary N) is 5. The minimum Gasteiger partial charge on any atom is -0.493 e. The molecular weight excluding hydrogens is 898 g/mol. The van der Waals surface area contributed by atoms with E-state index >= 15 is 0 Å². The Kier molecular flexibility index (Phi) is 35.9. The highest BCUT2D eigenvalue weighted by Crippen LogP contribution is 2.27. The van der Waals surface area contributed by atoms with E-state index in [1.54, 1.807) is 46.3 Å². The Bertz CT molecular complexity index is 1670. The number of ether oxygens (including phenoxy) is 2. The van der Waals surface area contributed by atoms with E-state index in [9.17, 15) is 28.8 Å². The molecule has 0 aliphatic heterocycles. The first-order valence-electron chi connectivity index (χ1n) is 22.6. The molecule has 0 heterocycles. The minimum absolute atomic E-state index is 0.0486. The number of anilines is 1. The number of Topliss-reactive ketones (excluding diaryl/α,β-unsaturated/α-hetero) is 1. The standard InChI is InChI=1S/C19H36N4O4.C12H16BrN3O2.C9H12O2.C7H14.CH4O/c1-6-23(15(4)5)10-8-7-9-16(22-18(26)12-20-13-24)19(27)21-11-17(25)14(2)3;1-7(2)16-11(17)6-15-12(18)8-3-4-9(13)10(14)5-8;1-7-4-5-8(10-2)9(6-7)11-3;1-7-5-3-2-4-6-7;1-2/h13-16H,6-12H2,1-5H3,(H,20,24)(H,21,27)(H,22,26);3-5,7H,6,14H2,1-2H3,(H,15,18)(H,16,17);4-6H,1-3H3;7H,2-6H2,1H3;2H,1H3. The lowest BCUT2D eigenvalue weighted by Crippen LogP contribution is -2.50. The lowest BCUT2D eigenvalue weighted by molar-refractivity contribution is -0.130. The normalized spacial score (nSPS) is 12.3. The second-order valence-electron chi connectivity index (χ2n) is 16.4. The molecule has 0 saturated heterocycles. The number of hydrogen-bond donors (Lipinski definition) is 7. The van der Waals surface area contributed by atoms with Crippen molar-refractivity contribution in [2.45, 2.75) is 132 Å². The maximum absolute atomic E-state index is 12.4. The number of halogens is 1. The molecule has 0 aromatic heterocycles. The predicted octanol–water partition coefficient (Wildman–Crippen LogP) is 5.95. The molecule has 3 rings (SSSR count). The molecule has 1 fully saturated rings. The van der Waals surface area contributed by atoms with Crippen molar-refractivity contribution >= 4 is 57.4 Å². The van der Waals surface area contributed by atoms with Crippen LogP contribution in [0.4, 0.5) is 5.69 Å². The van der Waals surface area contributed by atoms with Crippen LogP contribution in [0.15, 0.2) is 40.9 Å². The first kappa shape index (κ1) is 62.3. The Hall–Kier alpha value is -4.74. The highest BCUT2D eigenvalue weighted by atomic mass is 79.9. The van der Waals surface area contributed by atoms with E-state index in [1.807, 2.05) is 39.0 Å². The van der Waals surface area contributed by atoms with Crippen molar-refractivity contribution in [3.63, 3.8) is 0 Å². The zero-order valence-corrected chi connectivity index (χ0v) is 42.8. The average molecular weight is 981 g/mol. The number of aryl methyl sites for hydroxylation is 1. The van der Waals surface area contributed by atoms with Crippen molar-refractivity contribution in [2.24, 2.45) is 11.8 Å². The molecular formula is C48H82BrN7O9. The van der Waals surface area contributed by atoms with Crippen LogP contribution in [-0.4, -0.2) is 118 Å². The largest absolute Gasteiger partial charge is 0.493 e. The second-order valence-corrected chi connectivity index (χ2v) is 17.3. The summed E-state index contributed by atoms with van der Waals surface area (Å²) in [5, 5.41) is 19.7. The van der Waals surface area contributed by atoms with Gasteiger partial charge in [-0.05, 0) is 125 Å². The number of unbranched alkanes of at least 4 members (excludes halogenated alkanes) is 1. The zero-order chi connectivity index (χ0) is 49.9. The Morgan fingerprint density at radius 1 is 0.846 bits per heavy atom. The maximum Gasteiger partial charge on any atom is 0.251 e. The van der Waals surface area contributed by atoms with Gasteiger partial charge in [-0.25, -0.2) is 0 Å². The van der Waals surface area contributed by atoms with Crippen molar-refractivity contribution in [3.05, 3.63) is 52.0 Å². The fourth-order valence-corrected chi connectivity index (χ4v) is 6.41. The van der Waals surface area contributed by atoms with Gasteiger partial charge in [0.05, 0.1) is 33.9 Å². The molecule has 2 aromatic rings. The van der Waals surface area contributed by atoms with Crippen LogP contribution >= 0.6 is 15.9 Å². The summed E-state index contributed by atoms with van der Waals surface area (Å²) < 4.78 is 10.9. The van der Waals surface area contributed by atoms with Crippen molar-refractivity contribution in [1.29, 1.82) is 0 Å². The number of aliphatic hydroxyl groups excluding tert-OH is 1. The molecule has 0 bridgehead atoms. The van der Waals surface area contributed by atoms with Gasteiger partial charge in [-0.3, -0.25) is 28.8 Å². The molecule has 1 unspecified atom stereocenters. The number of carbonyl (C=O) groups excluding carboxylic acids is 6. The van der Waals surface area contributed by atoms with Crippen molar-refractivity contribution < 1.29 is 43.3 Å². The van der Waals surface area contributed by atoms with E-state index in [-0.39, 0.29) is 55.1 Å². The summed E-state index contributed by atoms with van der Waals surface area (Å²) >= 11 is 3.25. The van der Waals surface area contributed by atoms with Gasteiger partial charge >= 0.3 is 0 Å². The first-order chi connectivity index (χ1) is 30.8. The smallest absolute Gasteiger partial charge is 0.251 e. The molecule has 1 aliphatic rings. The molecule has 8 N–H and O–H groups in total. The highest BCUT2D eigenvalue weighted by Gasteiger charge is 2.22. The lowest BCUT2D eigenvalue weighted by Gasteiger charge is -2.25. The quantitative estimate of drug-likeness (QED) is 0.0439.